The van der Waals surface area contributed by atoms with Crippen LogP contribution in [-0.2, 0) is 4.74 Å². The number of nitrogens with zero attached hydrogens (tertiary/aromatic N) is 1. The van der Waals surface area contributed by atoms with Gasteiger partial charge < -0.3 is 20.1 Å². The van der Waals surface area contributed by atoms with E-state index in [2.05, 4.69) is 5.32 Å². The van der Waals surface area contributed by atoms with Crippen molar-refractivity contribution in [2.24, 2.45) is 5.92 Å². The molecule has 3 aliphatic heterocycles. The van der Waals surface area contributed by atoms with Gasteiger partial charge in [0.2, 0.25) is 0 Å². The summed E-state index contributed by atoms with van der Waals surface area (Å²) in [5.74, 6) is 0.375. The van der Waals surface area contributed by atoms with E-state index < -0.39 is 0 Å². The van der Waals surface area contributed by atoms with Crippen molar-refractivity contribution in [3.63, 3.8) is 0 Å². The summed E-state index contributed by atoms with van der Waals surface area (Å²) >= 11 is 0. The Bertz CT molecular complexity index is 315. The molecule has 2 amide bonds. The average molecular weight is 254 g/mol. The summed E-state index contributed by atoms with van der Waals surface area (Å²) in [5.41, 5.74) is 0. The molecule has 18 heavy (non-hydrogen) atoms. The van der Waals surface area contributed by atoms with Gasteiger partial charge in [-0.15, -0.1) is 0 Å². The maximum Gasteiger partial charge on any atom is 0.317 e. The zero-order chi connectivity index (χ0) is 12.5. The predicted octanol–water partition coefficient (Wildman–Crippen LogP) is 0.720. The summed E-state index contributed by atoms with van der Waals surface area (Å²) in [6.45, 7) is 1.77. The van der Waals surface area contributed by atoms with Crippen LogP contribution in [-0.4, -0.2) is 54.0 Å². The summed E-state index contributed by atoms with van der Waals surface area (Å²) in [6, 6.07) is 0.263. The Morgan fingerprint density at radius 3 is 2.61 bits per heavy atom. The molecule has 0 saturated carbocycles. The van der Waals surface area contributed by atoms with E-state index in [1.54, 1.807) is 0 Å². The summed E-state index contributed by atoms with van der Waals surface area (Å²) in [7, 11) is 0. The number of carbonyl (C=O) groups is 1. The van der Waals surface area contributed by atoms with E-state index in [1.807, 2.05) is 4.90 Å². The first kappa shape index (κ1) is 12.2. The molecular weight excluding hydrogens is 232 g/mol. The molecule has 3 saturated heterocycles. The SMILES string of the molecule is O=C(NC1CC2CCC1O2)N1CCC(CO)CC1. The van der Waals surface area contributed by atoms with Crippen LogP contribution in [0.25, 0.3) is 0 Å². The monoisotopic (exact) mass is 254 g/mol. The minimum Gasteiger partial charge on any atom is -0.396 e. The molecule has 0 spiro atoms. The number of piperidine rings is 1. The number of aliphatic hydroxyl groups excluding tert-OH is 1. The van der Waals surface area contributed by atoms with Crippen molar-refractivity contribution in [2.75, 3.05) is 19.7 Å². The summed E-state index contributed by atoms with van der Waals surface area (Å²) in [4.78, 5) is 14.0. The Morgan fingerprint density at radius 2 is 2.06 bits per heavy atom. The largest absolute Gasteiger partial charge is 0.396 e. The molecule has 0 radical (unpaired) electrons. The van der Waals surface area contributed by atoms with Gasteiger partial charge in [-0.1, -0.05) is 0 Å². The lowest BCUT2D eigenvalue weighted by atomic mass is 9.95. The molecule has 3 fully saturated rings. The number of ether oxygens (including phenoxy) is 1. The fourth-order valence-electron chi connectivity index (χ4n) is 3.36. The van der Waals surface area contributed by atoms with Crippen LogP contribution < -0.4 is 5.32 Å². The standard InChI is InChI=1S/C13H22N2O3/c16-8-9-3-5-15(6-4-9)13(17)14-11-7-10-1-2-12(11)18-10/h9-12,16H,1-8H2,(H,14,17). The van der Waals surface area contributed by atoms with Crippen LogP contribution in [0.3, 0.4) is 0 Å². The highest BCUT2D eigenvalue weighted by atomic mass is 16.5. The van der Waals surface area contributed by atoms with Gasteiger partial charge in [0.05, 0.1) is 18.2 Å². The molecule has 2 bridgehead atoms. The number of rotatable bonds is 2. The number of nitrogens with one attached hydrogen (secondary N) is 1. The Morgan fingerprint density at radius 1 is 1.28 bits per heavy atom. The van der Waals surface area contributed by atoms with Gasteiger partial charge in [-0.05, 0) is 38.0 Å². The molecular formula is C13H22N2O3. The summed E-state index contributed by atoms with van der Waals surface area (Å²) in [6.07, 6.45) is 5.66. The first-order valence-electron chi connectivity index (χ1n) is 7.08. The maximum atomic E-state index is 12.1. The van der Waals surface area contributed by atoms with Crippen LogP contribution in [0.15, 0.2) is 0 Å². The second-order valence-corrected chi connectivity index (χ2v) is 5.78. The minimum absolute atomic E-state index is 0.0486. The molecule has 5 heteroatoms. The van der Waals surface area contributed by atoms with Crippen LogP contribution in [0.5, 0.6) is 0 Å². The molecule has 5 nitrogen and oxygen atoms in total. The highest BCUT2D eigenvalue weighted by Crippen LogP contribution is 2.34. The maximum absolute atomic E-state index is 12.1. The normalized spacial score (nSPS) is 36.1. The van der Waals surface area contributed by atoms with E-state index in [0.29, 0.717) is 12.0 Å². The summed E-state index contributed by atoms with van der Waals surface area (Å²) < 4.78 is 5.74. The molecule has 3 unspecified atom stereocenters. The van der Waals surface area contributed by atoms with Crippen molar-refractivity contribution < 1.29 is 14.6 Å². The molecule has 0 aliphatic carbocycles. The lowest BCUT2D eigenvalue weighted by Crippen LogP contribution is -2.50. The predicted molar refractivity (Wildman–Crippen MR) is 66.2 cm³/mol. The number of hydrogen-bond donors (Lipinski definition) is 2. The van der Waals surface area contributed by atoms with Gasteiger partial charge in [0.1, 0.15) is 0 Å². The van der Waals surface area contributed by atoms with Gasteiger partial charge in [-0.25, -0.2) is 4.79 Å². The number of urea groups is 1. The Balaban J connectivity index is 1.47. The Labute approximate surface area is 107 Å². The topological polar surface area (TPSA) is 61.8 Å². The van der Waals surface area contributed by atoms with Crippen molar-refractivity contribution >= 4 is 6.03 Å². The molecule has 3 rings (SSSR count). The lowest BCUT2D eigenvalue weighted by Gasteiger charge is -2.32. The smallest absolute Gasteiger partial charge is 0.317 e. The quantitative estimate of drug-likeness (QED) is 0.763. The van der Waals surface area contributed by atoms with Crippen LogP contribution >= 0.6 is 0 Å². The molecule has 2 N–H and O–H groups in total. The van der Waals surface area contributed by atoms with Crippen molar-refractivity contribution in [3.05, 3.63) is 0 Å². The fourth-order valence-corrected chi connectivity index (χ4v) is 3.36. The van der Waals surface area contributed by atoms with E-state index in [1.165, 1.54) is 0 Å². The zero-order valence-electron chi connectivity index (χ0n) is 10.7. The molecule has 3 heterocycles. The van der Waals surface area contributed by atoms with Gasteiger partial charge in [-0.2, -0.15) is 0 Å². The van der Waals surface area contributed by atoms with Crippen molar-refractivity contribution in [3.8, 4) is 0 Å². The molecule has 3 aliphatic rings. The third-order valence-electron chi connectivity index (χ3n) is 4.57. The van der Waals surface area contributed by atoms with E-state index in [0.717, 1.165) is 45.2 Å². The molecule has 0 aromatic carbocycles. The highest BCUT2D eigenvalue weighted by molar-refractivity contribution is 5.74. The van der Waals surface area contributed by atoms with Crippen molar-refractivity contribution in [2.45, 2.75) is 50.4 Å². The minimum atomic E-state index is 0.0486. The number of aliphatic hydroxyl groups is 1. The molecule has 0 aromatic heterocycles. The van der Waals surface area contributed by atoms with Crippen LogP contribution in [0.4, 0.5) is 4.79 Å². The van der Waals surface area contributed by atoms with E-state index in [9.17, 15) is 4.79 Å². The molecule has 3 atom stereocenters. The van der Waals surface area contributed by atoms with Crippen LogP contribution in [0.2, 0.25) is 0 Å². The van der Waals surface area contributed by atoms with E-state index in [4.69, 9.17) is 9.84 Å². The van der Waals surface area contributed by atoms with Crippen molar-refractivity contribution in [1.29, 1.82) is 0 Å². The second-order valence-electron chi connectivity index (χ2n) is 5.78. The fraction of sp³-hybridized carbons (Fsp3) is 0.923. The molecule has 102 valence electrons. The van der Waals surface area contributed by atoms with Gasteiger partial charge in [-0.3, -0.25) is 0 Å². The van der Waals surface area contributed by atoms with Crippen LogP contribution in [0, 0.1) is 5.92 Å². The van der Waals surface area contributed by atoms with Crippen molar-refractivity contribution in [1.82, 2.24) is 10.2 Å². The zero-order valence-corrected chi connectivity index (χ0v) is 10.7. The lowest BCUT2D eigenvalue weighted by molar-refractivity contribution is 0.0954. The number of carbonyl (C=O) groups excluding carboxylic acids is 1. The number of fused-ring (bicyclic) bond motifs is 2. The first-order chi connectivity index (χ1) is 8.76. The second kappa shape index (κ2) is 5.05. The van der Waals surface area contributed by atoms with Gasteiger partial charge in [0, 0.05) is 19.7 Å². The summed E-state index contributed by atoms with van der Waals surface area (Å²) in [5, 5.41) is 12.2. The third kappa shape index (κ3) is 2.34. The highest BCUT2D eigenvalue weighted by Gasteiger charge is 2.41. The first-order valence-corrected chi connectivity index (χ1v) is 7.08. The Kier molecular flexibility index (Phi) is 3.43. The van der Waals surface area contributed by atoms with E-state index >= 15 is 0 Å². The van der Waals surface area contributed by atoms with Crippen LogP contribution in [0.1, 0.15) is 32.1 Å². The van der Waals surface area contributed by atoms with Gasteiger partial charge in [0.25, 0.3) is 0 Å². The number of hydrogen-bond acceptors (Lipinski definition) is 3. The van der Waals surface area contributed by atoms with Gasteiger partial charge >= 0.3 is 6.03 Å². The average Bonchev–Trinajstić information content (AvgIpc) is 3.01. The number of amides is 2. The van der Waals surface area contributed by atoms with E-state index in [-0.39, 0.29) is 24.8 Å². The third-order valence-corrected chi connectivity index (χ3v) is 4.57. The number of likely N-dealkylation sites (tertiary alicyclic amines) is 1. The molecule has 0 aromatic rings. The van der Waals surface area contributed by atoms with Gasteiger partial charge in [0.15, 0.2) is 0 Å². The Hall–Kier alpha value is -0.810.